The monoisotopic (exact) mass is 676 g/mol. The van der Waals surface area contributed by atoms with Crippen LogP contribution in [0.15, 0.2) is 30.3 Å². The summed E-state index contributed by atoms with van der Waals surface area (Å²) in [6, 6.07) is 3.47. The first-order valence-electron chi connectivity index (χ1n) is 8.54. The molecule has 38 heavy (non-hydrogen) atoms. The second-order valence-electron chi connectivity index (χ2n) is 7.02. The van der Waals surface area contributed by atoms with Gasteiger partial charge < -0.3 is 0 Å². The van der Waals surface area contributed by atoms with E-state index in [0.717, 1.165) is 18.2 Å². The second kappa shape index (κ2) is 9.15. The molecule has 0 amide bonds. The Kier molecular flexibility index (Phi) is 8.26. The number of benzene rings is 1. The number of halogens is 21. The molecule has 0 aliphatic heterocycles. The van der Waals surface area contributed by atoms with Crippen LogP contribution in [0.2, 0.25) is 0 Å². The molecule has 0 aromatic heterocycles. The summed E-state index contributed by atoms with van der Waals surface area (Å²) in [4.78, 5) is -6.56. The molecule has 0 unspecified atom stereocenters. The molecule has 22 heteroatoms. The Balaban J connectivity index is 3.72. The molecule has 0 bridgehead atoms. The Morgan fingerprint density at radius 1 is 0.342 bits per heavy atom. The fourth-order valence-corrected chi connectivity index (χ4v) is 4.02. The Morgan fingerprint density at radius 3 is 0.895 bits per heavy atom. The number of hydrogen-bond acceptors (Lipinski definition) is 0. The van der Waals surface area contributed by atoms with Crippen LogP contribution in [0.3, 0.4) is 0 Å². The number of alkyl halides is 21. The average Bonchev–Trinajstić information content (AvgIpc) is 2.72. The van der Waals surface area contributed by atoms with Crippen LogP contribution in [0.5, 0.6) is 0 Å². The van der Waals surface area contributed by atoms with E-state index in [2.05, 4.69) is 0 Å². The molecule has 0 radical (unpaired) electrons. The van der Waals surface area contributed by atoms with E-state index in [9.17, 15) is 92.2 Å². The third kappa shape index (κ3) is 4.46. The predicted molar refractivity (Wildman–Crippen MR) is 82.4 cm³/mol. The van der Waals surface area contributed by atoms with Crippen molar-refractivity contribution < 1.29 is 92.2 Å². The number of rotatable bonds is 10. The van der Waals surface area contributed by atoms with Gasteiger partial charge in [-0.25, -0.2) is 0 Å². The van der Waals surface area contributed by atoms with E-state index in [-0.39, 0.29) is 0 Å². The van der Waals surface area contributed by atoms with E-state index < -0.39 is 77.8 Å². The van der Waals surface area contributed by atoms with Crippen molar-refractivity contribution in [1.82, 2.24) is 0 Å². The zero-order chi connectivity index (χ0) is 30.8. The van der Waals surface area contributed by atoms with Gasteiger partial charge in [-0.15, -0.1) is 0 Å². The SMILES string of the molecule is FC(F)(F)C(F)(F)C(F)(F)C(F)(F)C(F)(F)C(F)(F)C(F)(F)C(F)(F)C(F)(F)C(F)(F)[Se]c1ccccc1. The quantitative estimate of drug-likeness (QED) is 0.181. The van der Waals surface area contributed by atoms with E-state index in [0.29, 0.717) is 12.1 Å². The molecule has 0 N–H and O–H groups in total. The molecule has 1 aromatic carbocycles. The van der Waals surface area contributed by atoms with Gasteiger partial charge in [0.25, 0.3) is 0 Å². The number of hydrogen-bond donors (Lipinski definition) is 0. The summed E-state index contributed by atoms with van der Waals surface area (Å²) in [6.45, 7) is 0. The first-order chi connectivity index (χ1) is 16.3. The average molecular weight is 675 g/mol. The van der Waals surface area contributed by atoms with Gasteiger partial charge in [0.2, 0.25) is 0 Å². The maximum atomic E-state index is 13.8. The molecule has 1 aromatic rings. The van der Waals surface area contributed by atoms with Crippen molar-refractivity contribution in [3.8, 4) is 0 Å². The molecule has 0 heterocycles. The van der Waals surface area contributed by atoms with Gasteiger partial charge in [-0.2, -0.15) is 0 Å². The van der Waals surface area contributed by atoms with Gasteiger partial charge >= 0.3 is 200 Å². The maximum absolute atomic E-state index is 13.8. The van der Waals surface area contributed by atoms with E-state index in [4.69, 9.17) is 0 Å². The van der Waals surface area contributed by atoms with E-state index in [1.807, 2.05) is 0 Å². The summed E-state index contributed by atoms with van der Waals surface area (Å²) in [5, 5.41) is 0. The molecule has 0 atom stereocenters. The van der Waals surface area contributed by atoms with Gasteiger partial charge in [0.05, 0.1) is 0 Å². The molecule has 0 aliphatic carbocycles. The normalized spacial score (nSPS) is 16.1. The van der Waals surface area contributed by atoms with Crippen LogP contribution >= 0.6 is 0 Å². The fourth-order valence-electron chi connectivity index (χ4n) is 2.24. The van der Waals surface area contributed by atoms with Crippen molar-refractivity contribution in [2.45, 2.75) is 58.4 Å². The Morgan fingerprint density at radius 2 is 0.605 bits per heavy atom. The summed E-state index contributed by atoms with van der Waals surface area (Å²) in [5.74, 6) is -70.0. The van der Waals surface area contributed by atoms with Crippen LogP contribution in [0, 0.1) is 0 Å². The van der Waals surface area contributed by atoms with E-state index in [1.54, 1.807) is 0 Å². The summed E-state index contributed by atoms with van der Waals surface area (Å²) in [6.07, 6.45) is -7.99. The van der Waals surface area contributed by atoms with Crippen LogP contribution in [0.1, 0.15) is 0 Å². The van der Waals surface area contributed by atoms with Gasteiger partial charge in [-0.1, -0.05) is 0 Å². The molecule has 222 valence electrons. The van der Waals surface area contributed by atoms with Crippen molar-refractivity contribution in [1.29, 1.82) is 0 Å². The van der Waals surface area contributed by atoms with Crippen LogP contribution in [0.25, 0.3) is 0 Å². The Hall–Kier alpha value is -1.73. The van der Waals surface area contributed by atoms with Crippen molar-refractivity contribution >= 4 is 19.4 Å². The topological polar surface area (TPSA) is 0 Å². The van der Waals surface area contributed by atoms with Crippen LogP contribution < -0.4 is 4.46 Å². The fraction of sp³-hybridized carbons (Fsp3) is 0.625. The van der Waals surface area contributed by atoms with E-state index >= 15 is 0 Å². The molecule has 0 saturated carbocycles. The third-order valence-corrected chi connectivity index (χ3v) is 6.61. The molecule has 0 aliphatic rings. The molecular weight excluding hydrogens is 670 g/mol. The summed E-state index contributed by atoms with van der Waals surface area (Å²) in [7, 11) is 0. The van der Waals surface area contributed by atoms with Crippen molar-refractivity contribution in [3.05, 3.63) is 30.3 Å². The van der Waals surface area contributed by atoms with Crippen LogP contribution in [0.4, 0.5) is 92.2 Å². The van der Waals surface area contributed by atoms with Gasteiger partial charge in [0.1, 0.15) is 0 Å². The molecular formula is C16H5F21Se. The minimum absolute atomic E-state index is 0.465. The molecule has 0 saturated heterocycles. The van der Waals surface area contributed by atoms with Crippen molar-refractivity contribution in [3.63, 3.8) is 0 Å². The van der Waals surface area contributed by atoms with Gasteiger partial charge in [0.15, 0.2) is 0 Å². The second-order valence-corrected chi connectivity index (χ2v) is 9.52. The van der Waals surface area contributed by atoms with Gasteiger partial charge in [0, 0.05) is 0 Å². The zero-order valence-electron chi connectivity index (χ0n) is 16.7. The predicted octanol–water partition coefficient (Wildman–Crippen LogP) is 7.25. The Labute approximate surface area is 201 Å². The molecule has 1 rings (SSSR count). The summed E-state index contributed by atoms with van der Waals surface area (Å²) in [5.41, 5.74) is 0. The van der Waals surface area contributed by atoms with Crippen LogP contribution in [-0.4, -0.2) is 73.3 Å². The van der Waals surface area contributed by atoms with Crippen LogP contribution in [-0.2, 0) is 0 Å². The molecule has 0 fully saturated rings. The zero-order valence-corrected chi connectivity index (χ0v) is 18.4. The third-order valence-electron chi connectivity index (χ3n) is 4.47. The Bertz CT molecular complexity index is 977. The first kappa shape index (κ1) is 34.3. The molecule has 0 spiro atoms. The van der Waals surface area contributed by atoms with E-state index in [1.165, 1.54) is 0 Å². The van der Waals surface area contributed by atoms with Crippen molar-refractivity contribution in [2.75, 3.05) is 0 Å². The van der Waals surface area contributed by atoms with Gasteiger partial charge in [-0.05, 0) is 0 Å². The molecule has 0 nitrogen and oxygen atoms in total. The summed E-state index contributed by atoms with van der Waals surface area (Å²) < 4.78 is 278. The summed E-state index contributed by atoms with van der Waals surface area (Å²) >= 11 is -3.44. The van der Waals surface area contributed by atoms with Crippen molar-refractivity contribution in [2.24, 2.45) is 0 Å². The standard InChI is InChI=1S/C16H5F21Se/c17-7(18,9(21,22)11(25,26)13(29,30)15(33,34)35)8(19,20)10(23,24)12(27,28)14(31,32)16(36,37)38-6-4-2-1-3-5-6/h1-5H. The van der Waals surface area contributed by atoms with Gasteiger partial charge in [-0.3, -0.25) is 0 Å². The minimum atomic E-state index is -9.15. The first-order valence-corrected chi connectivity index (χ1v) is 10.3.